The first-order chi connectivity index (χ1) is 6.35. The van der Waals surface area contributed by atoms with Gasteiger partial charge in [0.2, 0.25) is 0 Å². The van der Waals surface area contributed by atoms with Gasteiger partial charge in [-0.2, -0.15) is 0 Å². The minimum Gasteiger partial charge on any atom is -0.374 e. The van der Waals surface area contributed by atoms with Crippen LogP contribution in [0, 0.1) is 0 Å². The summed E-state index contributed by atoms with van der Waals surface area (Å²) in [7, 11) is 0. The molecule has 1 heteroatoms. The predicted octanol–water partition coefficient (Wildman–Crippen LogP) is 3.94. The maximum absolute atomic E-state index is 5.68. The maximum atomic E-state index is 5.68. The summed E-state index contributed by atoms with van der Waals surface area (Å²) in [6.45, 7) is 9.10. The average molecular weight is 184 g/mol. The van der Waals surface area contributed by atoms with Crippen molar-refractivity contribution in [3.8, 4) is 0 Å². The molecule has 0 aromatic carbocycles. The number of hydrogen-bond acceptors (Lipinski definition) is 1. The molecule has 1 nitrogen and oxygen atoms in total. The van der Waals surface area contributed by atoms with E-state index in [4.69, 9.17) is 4.74 Å². The zero-order valence-electron chi connectivity index (χ0n) is 9.22. The van der Waals surface area contributed by atoms with Crippen molar-refractivity contribution in [2.75, 3.05) is 6.61 Å². The second-order valence-electron chi connectivity index (χ2n) is 3.49. The normalized spacial score (nSPS) is 12.8. The van der Waals surface area contributed by atoms with Gasteiger partial charge in [-0.3, -0.25) is 0 Å². The Morgan fingerprint density at radius 1 is 1.15 bits per heavy atom. The molecule has 0 amide bonds. The summed E-state index contributed by atoms with van der Waals surface area (Å²) in [5.74, 6) is 0. The van der Waals surface area contributed by atoms with Crippen LogP contribution >= 0.6 is 0 Å². The van der Waals surface area contributed by atoms with Gasteiger partial charge in [0, 0.05) is 6.61 Å². The summed E-state index contributed by atoms with van der Waals surface area (Å²) >= 11 is 0. The van der Waals surface area contributed by atoms with Gasteiger partial charge in [0.05, 0.1) is 6.10 Å². The van der Waals surface area contributed by atoms with Crippen molar-refractivity contribution in [3.05, 3.63) is 12.7 Å². The molecular formula is C12H24O. The van der Waals surface area contributed by atoms with Crippen LogP contribution in [-0.4, -0.2) is 12.7 Å². The maximum Gasteiger partial charge on any atom is 0.0753 e. The van der Waals surface area contributed by atoms with E-state index in [-0.39, 0.29) is 6.10 Å². The molecule has 0 aliphatic carbocycles. The van der Waals surface area contributed by atoms with Crippen LogP contribution in [0.15, 0.2) is 12.7 Å². The zero-order valence-corrected chi connectivity index (χ0v) is 9.22. The molecule has 1 unspecified atom stereocenters. The molecule has 13 heavy (non-hydrogen) atoms. The van der Waals surface area contributed by atoms with Crippen molar-refractivity contribution in [1.29, 1.82) is 0 Å². The fourth-order valence-corrected chi connectivity index (χ4v) is 1.26. The van der Waals surface area contributed by atoms with E-state index in [0.29, 0.717) is 0 Å². The number of hydrogen-bond donors (Lipinski definition) is 0. The Labute approximate surface area is 83.2 Å². The highest BCUT2D eigenvalue weighted by molar-refractivity contribution is 4.79. The van der Waals surface area contributed by atoms with Crippen molar-refractivity contribution in [2.45, 2.75) is 58.5 Å². The summed E-state index contributed by atoms with van der Waals surface area (Å²) in [6, 6.07) is 0. The standard InChI is InChI=1S/C12H24O/c1-4-7-9-11-13-12(6-3)10-8-5-2/h6,12H,3-5,7-11H2,1-2H3. The molecular weight excluding hydrogens is 160 g/mol. The van der Waals surface area contributed by atoms with E-state index in [0.717, 1.165) is 13.0 Å². The third-order valence-corrected chi connectivity index (χ3v) is 2.18. The lowest BCUT2D eigenvalue weighted by atomic mass is 10.1. The van der Waals surface area contributed by atoms with Crippen LogP contribution in [0.2, 0.25) is 0 Å². The fraction of sp³-hybridized carbons (Fsp3) is 0.833. The van der Waals surface area contributed by atoms with Gasteiger partial charge < -0.3 is 4.74 Å². The molecule has 0 bridgehead atoms. The summed E-state index contributed by atoms with van der Waals surface area (Å²) in [5.41, 5.74) is 0. The van der Waals surface area contributed by atoms with Crippen LogP contribution in [0.4, 0.5) is 0 Å². The molecule has 0 aliphatic rings. The van der Waals surface area contributed by atoms with Gasteiger partial charge in [-0.1, -0.05) is 45.6 Å². The van der Waals surface area contributed by atoms with Gasteiger partial charge in [-0.15, -0.1) is 6.58 Å². The first-order valence-electron chi connectivity index (χ1n) is 5.59. The Morgan fingerprint density at radius 3 is 2.38 bits per heavy atom. The summed E-state index contributed by atoms with van der Waals surface area (Å²) in [6.07, 6.45) is 9.56. The van der Waals surface area contributed by atoms with Gasteiger partial charge >= 0.3 is 0 Å². The van der Waals surface area contributed by atoms with Crippen molar-refractivity contribution in [3.63, 3.8) is 0 Å². The summed E-state index contributed by atoms with van der Waals surface area (Å²) in [5, 5.41) is 0. The Hall–Kier alpha value is -0.300. The van der Waals surface area contributed by atoms with E-state index in [1.165, 1.54) is 32.1 Å². The Bertz CT molecular complexity index is 110. The first kappa shape index (κ1) is 12.7. The molecule has 0 fully saturated rings. The third-order valence-electron chi connectivity index (χ3n) is 2.18. The molecule has 1 atom stereocenters. The van der Waals surface area contributed by atoms with E-state index < -0.39 is 0 Å². The van der Waals surface area contributed by atoms with Gasteiger partial charge in [0.25, 0.3) is 0 Å². The van der Waals surface area contributed by atoms with Crippen LogP contribution in [-0.2, 0) is 4.74 Å². The molecule has 0 aromatic heterocycles. The van der Waals surface area contributed by atoms with Crippen LogP contribution in [0.1, 0.15) is 52.4 Å². The highest BCUT2D eigenvalue weighted by Crippen LogP contribution is 2.07. The smallest absolute Gasteiger partial charge is 0.0753 e. The van der Waals surface area contributed by atoms with Crippen molar-refractivity contribution in [2.24, 2.45) is 0 Å². The van der Waals surface area contributed by atoms with E-state index in [2.05, 4.69) is 20.4 Å². The molecule has 0 saturated heterocycles. The number of unbranched alkanes of at least 4 members (excludes halogenated alkanes) is 3. The Balaban J connectivity index is 3.31. The average Bonchev–Trinajstić information content (AvgIpc) is 2.17. The van der Waals surface area contributed by atoms with Crippen molar-refractivity contribution < 1.29 is 4.74 Å². The van der Waals surface area contributed by atoms with Gasteiger partial charge in [0.15, 0.2) is 0 Å². The minimum absolute atomic E-state index is 0.289. The Morgan fingerprint density at radius 2 is 1.85 bits per heavy atom. The van der Waals surface area contributed by atoms with E-state index in [1.807, 2.05) is 6.08 Å². The van der Waals surface area contributed by atoms with Crippen LogP contribution in [0.5, 0.6) is 0 Å². The monoisotopic (exact) mass is 184 g/mol. The first-order valence-corrected chi connectivity index (χ1v) is 5.59. The van der Waals surface area contributed by atoms with E-state index in [9.17, 15) is 0 Å². The fourth-order valence-electron chi connectivity index (χ4n) is 1.26. The highest BCUT2D eigenvalue weighted by Gasteiger charge is 2.02. The second kappa shape index (κ2) is 9.79. The molecule has 0 aliphatic heterocycles. The summed E-state index contributed by atoms with van der Waals surface area (Å²) < 4.78 is 5.68. The molecule has 0 aromatic rings. The molecule has 0 saturated carbocycles. The van der Waals surface area contributed by atoms with Crippen molar-refractivity contribution >= 4 is 0 Å². The Kier molecular flexibility index (Phi) is 9.56. The van der Waals surface area contributed by atoms with Crippen LogP contribution < -0.4 is 0 Å². The quantitative estimate of drug-likeness (QED) is 0.389. The lowest BCUT2D eigenvalue weighted by Crippen LogP contribution is -2.10. The van der Waals surface area contributed by atoms with Gasteiger partial charge in [-0.05, 0) is 12.8 Å². The molecule has 0 heterocycles. The highest BCUT2D eigenvalue weighted by atomic mass is 16.5. The minimum atomic E-state index is 0.289. The zero-order chi connectivity index (χ0) is 9.94. The van der Waals surface area contributed by atoms with Crippen LogP contribution in [0.3, 0.4) is 0 Å². The topological polar surface area (TPSA) is 9.23 Å². The van der Waals surface area contributed by atoms with Gasteiger partial charge in [0.1, 0.15) is 0 Å². The van der Waals surface area contributed by atoms with Crippen LogP contribution in [0.25, 0.3) is 0 Å². The largest absolute Gasteiger partial charge is 0.374 e. The molecule has 0 rings (SSSR count). The molecule has 0 radical (unpaired) electrons. The number of ether oxygens (including phenoxy) is 1. The van der Waals surface area contributed by atoms with E-state index in [1.54, 1.807) is 0 Å². The second-order valence-corrected chi connectivity index (χ2v) is 3.49. The summed E-state index contributed by atoms with van der Waals surface area (Å²) in [4.78, 5) is 0. The third kappa shape index (κ3) is 8.04. The van der Waals surface area contributed by atoms with E-state index >= 15 is 0 Å². The lowest BCUT2D eigenvalue weighted by Gasteiger charge is -2.12. The van der Waals surface area contributed by atoms with Crippen molar-refractivity contribution in [1.82, 2.24) is 0 Å². The SMILES string of the molecule is C=CC(CCCC)OCCCCC. The predicted molar refractivity (Wildman–Crippen MR) is 59.0 cm³/mol. The molecule has 0 N–H and O–H groups in total. The molecule has 0 spiro atoms. The molecule has 78 valence electrons. The number of rotatable bonds is 9. The van der Waals surface area contributed by atoms with Gasteiger partial charge in [-0.25, -0.2) is 0 Å². The lowest BCUT2D eigenvalue weighted by molar-refractivity contribution is 0.0753.